The SMILES string of the molecule is CNC(=S)NCCCOC. The van der Waals surface area contributed by atoms with E-state index in [1.165, 1.54) is 0 Å². The summed E-state index contributed by atoms with van der Waals surface area (Å²) in [7, 11) is 3.49. The van der Waals surface area contributed by atoms with Crippen LogP contribution < -0.4 is 10.6 Å². The van der Waals surface area contributed by atoms with Crippen LogP contribution in [-0.2, 0) is 4.74 Å². The van der Waals surface area contributed by atoms with Gasteiger partial charge >= 0.3 is 0 Å². The molecule has 0 aromatic rings. The number of hydrogen-bond donors (Lipinski definition) is 2. The van der Waals surface area contributed by atoms with Crippen LogP contribution in [0.4, 0.5) is 0 Å². The highest BCUT2D eigenvalue weighted by Crippen LogP contribution is 1.76. The highest BCUT2D eigenvalue weighted by atomic mass is 32.1. The van der Waals surface area contributed by atoms with Gasteiger partial charge in [0.2, 0.25) is 0 Å². The Morgan fingerprint density at radius 2 is 2.30 bits per heavy atom. The molecule has 0 aliphatic rings. The van der Waals surface area contributed by atoms with Crippen molar-refractivity contribution in [1.29, 1.82) is 0 Å². The fourth-order valence-electron chi connectivity index (χ4n) is 0.507. The number of rotatable bonds is 4. The molecule has 0 radical (unpaired) electrons. The first-order valence-corrected chi connectivity index (χ1v) is 3.66. The van der Waals surface area contributed by atoms with E-state index in [-0.39, 0.29) is 0 Å². The van der Waals surface area contributed by atoms with Crippen LogP contribution in [-0.4, -0.2) is 32.4 Å². The summed E-state index contributed by atoms with van der Waals surface area (Å²) in [6, 6.07) is 0. The largest absolute Gasteiger partial charge is 0.385 e. The predicted octanol–water partition coefficient (Wildman–Crippen LogP) is 0.117. The van der Waals surface area contributed by atoms with Gasteiger partial charge in [0.05, 0.1) is 0 Å². The second-order valence-electron chi connectivity index (χ2n) is 1.85. The highest BCUT2D eigenvalue weighted by Gasteiger charge is 1.88. The highest BCUT2D eigenvalue weighted by molar-refractivity contribution is 7.80. The molecule has 3 nitrogen and oxygen atoms in total. The van der Waals surface area contributed by atoms with E-state index in [0.29, 0.717) is 5.11 Å². The number of ether oxygens (including phenoxy) is 1. The molecular weight excluding hydrogens is 148 g/mol. The number of hydrogen-bond acceptors (Lipinski definition) is 2. The van der Waals surface area contributed by atoms with E-state index in [2.05, 4.69) is 10.6 Å². The third-order valence-electron chi connectivity index (χ3n) is 1.04. The quantitative estimate of drug-likeness (QED) is 0.454. The monoisotopic (exact) mass is 162 g/mol. The van der Waals surface area contributed by atoms with Crippen molar-refractivity contribution in [1.82, 2.24) is 10.6 Å². The van der Waals surface area contributed by atoms with Crippen LogP contribution >= 0.6 is 12.2 Å². The molecule has 0 aromatic carbocycles. The number of methoxy groups -OCH3 is 1. The van der Waals surface area contributed by atoms with Crippen molar-refractivity contribution in [2.45, 2.75) is 6.42 Å². The minimum Gasteiger partial charge on any atom is -0.385 e. The lowest BCUT2D eigenvalue weighted by molar-refractivity contribution is 0.195. The summed E-state index contributed by atoms with van der Waals surface area (Å²) in [5, 5.41) is 6.52. The van der Waals surface area contributed by atoms with Gasteiger partial charge in [-0.15, -0.1) is 0 Å². The van der Waals surface area contributed by atoms with E-state index in [1.54, 1.807) is 14.2 Å². The minimum atomic E-state index is 0.691. The maximum atomic E-state index is 4.85. The van der Waals surface area contributed by atoms with Crippen LogP contribution in [0.3, 0.4) is 0 Å². The molecule has 0 amide bonds. The molecule has 0 fully saturated rings. The Balaban J connectivity index is 2.96. The molecule has 2 N–H and O–H groups in total. The molecule has 0 aromatic heterocycles. The van der Waals surface area contributed by atoms with Crippen molar-refractivity contribution < 1.29 is 4.74 Å². The van der Waals surface area contributed by atoms with Gasteiger partial charge in [-0.3, -0.25) is 0 Å². The van der Waals surface area contributed by atoms with Crippen molar-refractivity contribution in [3.63, 3.8) is 0 Å². The Bertz CT molecular complexity index is 97.7. The summed E-state index contributed by atoms with van der Waals surface area (Å²) in [6.07, 6.45) is 0.984. The fraction of sp³-hybridized carbons (Fsp3) is 0.833. The van der Waals surface area contributed by atoms with Gasteiger partial charge in [-0.2, -0.15) is 0 Å². The molecule has 60 valence electrons. The van der Waals surface area contributed by atoms with Gasteiger partial charge in [0.15, 0.2) is 5.11 Å². The number of thiocarbonyl (C=S) groups is 1. The Morgan fingerprint density at radius 3 is 2.80 bits per heavy atom. The molecule has 0 heterocycles. The molecule has 0 aliphatic carbocycles. The molecule has 0 atom stereocenters. The van der Waals surface area contributed by atoms with Crippen molar-refractivity contribution in [2.24, 2.45) is 0 Å². The Morgan fingerprint density at radius 1 is 1.60 bits per heavy atom. The standard InChI is InChI=1S/C6H14N2OS/c1-7-6(10)8-4-3-5-9-2/h3-5H2,1-2H3,(H2,7,8,10). The summed E-state index contributed by atoms with van der Waals surface area (Å²) in [6.45, 7) is 1.65. The van der Waals surface area contributed by atoms with Crippen LogP contribution in [0.25, 0.3) is 0 Å². The second-order valence-corrected chi connectivity index (χ2v) is 2.26. The molecule has 0 unspecified atom stereocenters. The van der Waals surface area contributed by atoms with Gasteiger partial charge in [-0.1, -0.05) is 0 Å². The minimum absolute atomic E-state index is 0.691. The third kappa shape index (κ3) is 5.78. The Hall–Kier alpha value is -0.350. The Kier molecular flexibility index (Phi) is 6.53. The maximum Gasteiger partial charge on any atom is 0.166 e. The van der Waals surface area contributed by atoms with E-state index >= 15 is 0 Å². The molecular formula is C6H14N2OS. The summed E-state index contributed by atoms with van der Waals surface area (Å²) >= 11 is 4.84. The lowest BCUT2D eigenvalue weighted by atomic mass is 10.4. The zero-order valence-electron chi connectivity index (χ0n) is 6.44. The van der Waals surface area contributed by atoms with Crippen LogP contribution in [0.2, 0.25) is 0 Å². The average molecular weight is 162 g/mol. The van der Waals surface area contributed by atoms with Gasteiger partial charge in [-0.25, -0.2) is 0 Å². The van der Waals surface area contributed by atoms with Gasteiger partial charge in [0.1, 0.15) is 0 Å². The van der Waals surface area contributed by atoms with Crippen LogP contribution in [0.5, 0.6) is 0 Å². The second kappa shape index (κ2) is 6.77. The molecule has 10 heavy (non-hydrogen) atoms. The normalized spacial score (nSPS) is 9.00. The van der Waals surface area contributed by atoms with Crippen LogP contribution in [0.15, 0.2) is 0 Å². The van der Waals surface area contributed by atoms with Gasteiger partial charge in [-0.05, 0) is 18.6 Å². The van der Waals surface area contributed by atoms with Crippen molar-refractivity contribution in [3.8, 4) is 0 Å². The zero-order valence-corrected chi connectivity index (χ0v) is 7.25. The van der Waals surface area contributed by atoms with Crippen molar-refractivity contribution in [2.75, 3.05) is 27.3 Å². The third-order valence-corrected chi connectivity index (χ3v) is 1.39. The van der Waals surface area contributed by atoms with Gasteiger partial charge < -0.3 is 15.4 Å². The molecule has 0 saturated heterocycles. The average Bonchev–Trinajstić information content (AvgIpc) is 1.98. The topological polar surface area (TPSA) is 33.3 Å². The zero-order chi connectivity index (χ0) is 7.82. The first-order chi connectivity index (χ1) is 4.81. The van der Waals surface area contributed by atoms with E-state index in [4.69, 9.17) is 17.0 Å². The lowest BCUT2D eigenvalue weighted by Gasteiger charge is -2.05. The smallest absolute Gasteiger partial charge is 0.166 e. The number of nitrogens with one attached hydrogen (secondary N) is 2. The van der Waals surface area contributed by atoms with Crippen molar-refractivity contribution in [3.05, 3.63) is 0 Å². The molecule has 0 saturated carbocycles. The van der Waals surface area contributed by atoms with Gasteiger partial charge in [0.25, 0.3) is 0 Å². The van der Waals surface area contributed by atoms with E-state index in [0.717, 1.165) is 19.6 Å². The lowest BCUT2D eigenvalue weighted by Crippen LogP contribution is -2.33. The van der Waals surface area contributed by atoms with E-state index < -0.39 is 0 Å². The summed E-state index contributed by atoms with van der Waals surface area (Å²) < 4.78 is 4.85. The van der Waals surface area contributed by atoms with Crippen LogP contribution in [0, 0.1) is 0 Å². The molecule has 0 spiro atoms. The summed E-state index contributed by atoms with van der Waals surface area (Å²) in [5.74, 6) is 0. The van der Waals surface area contributed by atoms with Crippen LogP contribution in [0.1, 0.15) is 6.42 Å². The maximum absolute atomic E-state index is 4.85. The summed E-state index contributed by atoms with van der Waals surface area (Å²) in [5.41, 5.74) is 0. The Labute approximate surface area is 67.1 Å². The van der Waals surface area contributed by atoms with Gasteiger partial charge in [0, 0.05) is 27.3 Å². The first-order valence-electron chi connectivity index (χ1n) is 3.25. The molecule has 0 rings (SSSR count). The molecule has 0 aliphatic heterocycles. The molecule has 0 bridgehead atoms. The fourth-order valence-corrected chi connectivity index (χ4v) is 0.609. The molecule has 4 heteroatoms. The van der Waals surface area contributed by atoms with Crippen molar-refractivity contribution >= 4 is 17.3 Å². The summed E-state index contributed by atoms with van der Waals surface area (Å²) in [4.78, 5) is 0. The predicted molar refractivity (Wildman–Crippen MR) is 46.2 cm³/mol. The first kappa shape index (κ1) is 9.65. The van der Waals surface area contributed by atoms with E-state index in [9.17, 15) is 0 Å². The van der Waals surface area contributed by atoms with E-state index in [1.807, 2.05) is 0 Å².